The van der Waals surface area contributed by atoms with Crippen LogP contribution in [0.3, 0.4) is 0 Å². The summed E-state index contributed by atoms with van der Waals surface area (Å²) in [5.74, 6) is 0. The highest BCUT2D eigenvalue weighted by Gasteiger charge is 2.51. The summed E-state index contributed by atoms with van der Waals surface area (Å²) in [6, 6.07) is 17.8. The maximum Gasteiger partial charge on any atom is 0.258 e. The quantitative estimate of drug-likeness (QED) is 0.257. The van der Waals surface area contributed by atoms with Gasteiger partial charge in [-0.3, -0.25) is 4.90 Å². The first kappa shape index (κ1) is 18.7. The molecule has 1 saturated heterocycles. The molecule has 0 aromatic heterocycles. The van der Waals surface area contributed by atoms with Gasteiger partial charge in [0.25, 0.3) is 6.17 Å². The minimum atomic E-state index is -0.407. The lowest BCUT2D eigenvalue weighted by Gasteiger charge is -2.29. The van der Waals surface area contributed by atoms with Crippen LogP contribution >= 0.6 is 24.0 Å². The van der Waals surface area contributed by atoms with Crippen LogP contribution in [-0.2, 0) is 0 Å². The van der Waals surface area contributed by atoms with Crippen molar-refractivity contribution in [3.8, 4) is 0 Å². The highest BCUT2D eigenvalue weighted by atomic mass is 32.2. The summed E-state index contributed by atoms with van der Waals surface area (Å²) < 4.78 is 1.43. The predicted octanol–water partition coefficient (Wildman–Crippen LogP) is 4.32. The second kappa shape index (κ2) is 7.29. The van der Waals surface area contributed by atoms with Crippen LogP contribution in [0.25, 0.3) is 0 Å². The minimum Gasteiger partial charge on any atom is -0.622 e. The van der Waals surface area contributed by atoms with E-state index in [9.17, 15) is 5.21 Å². The third-order valence-electron chi connectivity index (χ3n) is 4.37. The summed E-state index contributed by atoms with van der Waals surface area (Å²) in [4.78, 5) is 3.99. The number of hydroxylamine groups is 1. The van der Waals surface area contributed by atoms with E-state index in [4.69, 9.17) is 12.2 Å². The molecule has 1 aliphatic heterocycles. The molecule has 1 fully saturated rings. The molecular weight excluding hydrogens is 362 g/mol. The van der Waals surface area contributed by atoms with Gasteiger partial charge in [-0.05, 0) is 50.2 Å². The van der Waals surface area contributed by atoms with E-state index >= 15 is 0 Å². The zero-order chi connectivity index (χ0) is 18.9. The highest BCUT2D eigenvalue weighted by Crippen LogP contribution is 2.43. The van der Waals surface area contributed by atoms with E-state index in [1.807, 2.05) is 78.5 Å². The van der Waals surface area contributed by atoms with Crippen LogP contribution in [0.4, 0.5) is 11.4 Å². The van der Waals surface area contributed by atoms with Crippen molar-refractivity contribution >= 4 is 45.9 Å². The van der Waals surface area contributed by atoms with Crippen molar-refractivity contribution in [1.29, 1.82) is 0 Å². The second-order valence-corrected chi connectivity index (χ2v) is 9.31. The van der Waals surface area contributed by atoms with Gasteiger partial charge >= 0.3 is 0 Å². The van der Waals surface area contributed by atoms with Gasteiger partial charge in [0.1, 0.15) is 9.07 Å². The fourth-order valence-electron chi connectivity index (χ4n) is 3.07. The highest BCUT2D eigenvalue weighted by molar-refractivity contribution is 8.24. The molecule has 1 aliphatic rings. The van der Waals surface area contributed by atoms with Gasteiger partial charge in [0, 0.05) is 31.0 Å². The van der Waals surface area contributed by atoms with Gasteiger partial charge in [-0.15, -0.1) is 0 Å². The number of hydrogen-bond donors (Lipinski definition) is 0. The van der Waals surface area contributed by atoms with Gasteiger partial charge in [-0.1, -0.05) is 42.2 Å². The molecule has 2 aromatic rings. The number of benzene rings is 2. The van der Waals surface area contributed by atoms with Gasteiger partial charge in [0.05, 0.1) is 0 Å². The molecule has 3 rings (SSSR count). The third kappa shape index (κ3) is 3.71. The Morgan fingerprint density at radius 1 is 1.12 bits per heavy atom. The smallest absolute Gasteiger partial charge is 0.258 e. The van der Waals surface area contributed by atoms with Crippen LogP contribution in [0, 0.1) is 5.21 Å². The van der Waals surface area contributed by atoms with E-state index in [1.165, 1.54) is 0 Å². The summed E-state index contributed by atoms with van der Waals surface area (Å²) >= 11 is 7.15. The zero-order valence-corrected chi connectivity index (χ0v) is 17.1. The first-order valence-electron chi connectivity index (χ1n) is 8.44. The Hall–Kier alpha value is -2.05. The molecule has 6 heteroatoms. The van der Waals surface area contributed by atoms with Crippen LogP contribution in [0.15, 0.2) is 54.6 Å². The third-order valence-corrected chi connectivity index (χ3v) is 5.93. The van der Waals surface area contributed by atoms with E-state index in [0.717, 1.165) is 26.0 Å². The first-order valence-corrected chi connectivity index (χ1v) is 9.67. The van der Waals surface area contributed by atoms with Crippen molar-refractivity contribution in [3.63, 3.8) is 0 Å². The number of rotatable bonds is 4. The molecule has 0 bridgehead atoms. The average molecular weight is 386 g/mol. The summed E-state index contributed by atoms with van der Waals surface area (Å²) in [5, 5.41) is 13.1. The summed E-state index contributed by atoms with van der Waals surface area (Å²) in [6.07, 6.45) is 1.24. The molecular formula is C20H23N3OS2. The van der Waals surface area contributed by atoms with Crippen molar-refractivity contribution in [1.82, 2.24) is 0 Å². The van der Waals surface area contributed by atoms with Crippen LogP contribution < -0.4 is 9.80 Å². The molecule has 0 aliphatic carbocycles. The first-order chi connectivity index (χ1) is 12.3. The molecule has 1 heterocycles. The number of nitrogens with zero attached hydrogens (tertiary/aromatic N) is 3. The molecule has 4 nitrogen and oxygen atoms in total. The number of anilines is 2. The van der Waals surface area contributed by atoms with Crippen LogP contribution in [0.1, 0.15) is 19.4 Å². The van der Waals surface area contributed by atoms with Crippen LogP contribution in [0.2, 0.25) is 0 Å². The normalized spacial score (nSPS) is 19.7. The largest absolute Gasteiger partial charge is 0.622 e. The van der Waals surface area contributed by atoms with Gasteiger partial charge in [0.15, 0.2) is 6.21 Å². The Morgan fingerprint density at radius 2 is 1.73 bits per heavy atom. The van der Waals surface area contributed by atoms with E-state index in [0.29, 0.717) is 0 Å². The minimum absolute atomic E-state index is 0.325. The molecule has 26 heavy (non-hydrogen) atoms. The Morgan fingerprint density at radius 3 is 2.31 bits per heavy atom. The number of thiocarbonyl (C=S) groups is 1. The molecule has 0 N–H and O–H groups in total. The molecule has 0 unspecified atom stereocenters. The van der Waals surface area contributed by atoms with E-state index in [1.54, 1.807) is 18.0 Å². The Kier molecular flexibility index (Phi) is 5.25. The van der Waals surface area contributed by atoms with Crippen molar-refractivity contribution in [3.05, 3.63) is 65.4 Å². The lowest BCUT2D eigenvalue weighted by atomic mass is 10.1. The zero-order valence-electron chi connectivity index (χ0n) is 15.4. The molecule has 0 spiro atoms. The topological polar surface area (TPSA) is 32.5 Å². The molecule has 0 amide bonds. The SMILES string of the molecule is CN(C)c1ccc(/C=[N+](\[O-])[C@H]2N(c3ccccc3)C(=S)SC2(C)C)cc1. The monoisotopic (exact) mass is 385 g/mol. The number of hydrogen-bond acceptors (Lipinski definition) is 4. The van der Waals surface area contributed by atoms with Crippen molar-refractivity contribution in [2.45, 2.75) is 24.8 Å². The second-order valence-electron chi connectivity index (χ2n) is 7.03. The fourth-order valence-corrected chi connectivity index (χ4v) is 4.99. The summed E-state index contributed by atoms with van der Waals surface area (Å²) in [7, 11) is 3.99. The van der Waals surface area contributed by atoms with E-state index in [-0.39, 0.29) is 4.75 Å². The molecule has 2 aromatic carbocycles. The lowest BCUT2D eigenvalue weighted by molar-refractivity contribution is -0.497. The summed E-state index contributed by atoms with van der Waals surface area (Å²) in [6.45, 7) is 4.12. The standard InChI is InChI=1S/C20H23N3OS2/c1-20(2)18(23(19(25)26-20)17-8-6-5-7-9-17)22(24)14-15-10-12-16(13-11-15)21(3)4/h5-14,18H,1-4H3/b22-14-/t18-/m0/s1. The van der Waals surface area contributed by atoms with Gasteiger partial charge in [-0.25, -0.2) is 0 Å². The van der Waals surface area contributed by atoms with Crippen LogP contribution in [0.5, 0.6) is 0 Å². The Balaban J connectivity index is 1.96. The van der Waals surface area contributed by atoms with E-state index in [2.05, 4.69) is 13.8 Å². The van der Waals surface area contributed by atoms with Crippen LogP contribution in [-0.4, -0.2) is 40.3 Å². The molecule has 0 radical (unpaired) electrons. The van der Waals surface area contributed by atoms with Gasteiger partial charge in [0.2, 0.25) is 0 Å². The molecule has 136 valence electrons. The maximum absolute atomic E-state index is 13.1. The average Bonchev–Trinajstić information content (AvgIpc) is 2.84. The Labute approximate surface area is 164 Å². The fraction of sp³-hybridized carbons (Fsp3) is 0.300. The van der Waals surface area contributed by atoms with Crippen molar-refractivity contribution in [2.24, 2.45) is 0 Å². The van der Waals surface area contributed by atoms with E-state index < -0.39 is 6.17 Å². The van der Waals surface area contributed by atoms with Crippen molar-refractivity contribution < 1.29 is 4.74 Å². The Bertz CT molecular complexity index is 817. The maximum atomic E-state index is 13.1. The number of thioether (sulfide) groups is 1. The van der Waals surface area contributed by atoms with Gasteiger partial charge < -0.3 is 10.1 Å². The van der Waals surface area contributed by atoms with Crippen molar-refractivity contribution in [2.75, 3.05) is 23.9 Å². The lowest BCUT2D eigenvalue weighted by Crippen LogP contribution is -2.48. The molecule has 1 atom stereocenters. The number of para-hydroxylation sites is 1. The summed E-state index contributed by atoms with van der Waals surface area (Å²) in [5.41, 5.74) is 2.92. The van der Waals surface area contributed by atoms with Gasteiger partial charge in [-0.2, -0.15) is 4.74 Å². The predicted molar refractivity (Wildman–Crippen MR) is 117 cm³/mol. The molecule has 0 saturated carbocycles.